The summed E-state index contributed by atoms with van der Waals surface area (Å²) >= 11 is 0. The van der Waals surface area contributed by atoms with Crippen molar-refractivity contribution in [1.82, 2.24) is 0 Å². The van der Waals surface area contributed by atoms with Crippen molar-refractivity contribution in [2.75, 3.05) is 12.8 Å². The van der Waals surface area contributed by atoms with Gasteiger partial charge >= 0.3 is 0 Å². The summed E-state index contributed by atoms with van der Waals surface area (Å²) in [6.07, 6.45) is 0.958. The van der Waals surface area contributed by atoms with E-state index >= 15 is 0 Å². The molecule has 1 N–H and O–H groups in total. The molecule has 0 aromatic heterocycles. The highest BCUT2D eigenvalue weighted by Gasteiger charge is 2.52. The maximum Gasteiger partial charge on any atom is 0.261 e. The standard InChI is InChI=1S/C24H35O4PSi/c1-7-19-29(26,27-8-2)23(25)20(3)28-30(24(4,5)6,21-15-11-9-12-16-21)22-17-13-10-14-18-22/h7,9-18,20,23,25H,1,8,19H2,2-6H3/t20-,23-,29?/m0/s1. The Balaban J connectivity index is 2.61. The Labute approximate surface area is 182 Å². The van der Waals surface area contributed by atoms with Crippen molar-refractivity contribution >= 4 is 26.1 Å². The fourth-order valence-electron chi connectivity index (χ4n) is 3.99. The Morgan fingerprint density at radius 2 is 1.53 bits per heavy atom. The van der Waals surface area contributed by atoms with Gasteiger partial charge in [0.1, 0.15) is 0 Å². The first-order valence-electron chi connectivity index (χ1n) is 10.4. The van der Waals surface area contributed by atoms with E-state index in [1.807, 2.05) is 36.4 Å². The van der Waals surface area contributed by atoms with E-state index in [-0.39, 0.29) is 17.8 Å². The third kappa shape index (κ3) is 5.04. The van der Waals surface area contributed by atoms with E-state index in [1.54, 1.807) is 13.8 Å². The Hall–Kier alpha value is -1.49. The van der Waals surface area contributed by atoms with Crippen molar-refractivity contribution in [3.63, 3.8) is 0 Å². The number of rotatable bonds is 10. The molecular weight excluding hydrogens is 411 g/mol. The minimum absolute atomic E-state index is 0.108. The van der Waals surface area contributed by atoms with Crippen LogP contribution in [0.5, 0.6) is 0 Å². The summed E-state index contributed by atoms with van der Waals surface area (Å²) in [4.78, 5) is 0. The molecule has 2 rings (SSSR count). The molecule has 6 heteroatoms. The Bertz CT molecular complexity index is 809. The monoisotopic (exact) mass is 446 g/mol. The second-order valence-corrected chi connectivity index (χ2v) is 15.4. The van der Waals surface area contributed by atoms with Gasteiger partial charge in [0.2, 0.25) is 7.37 Å². The molecule has 30 heavy (non-hydrogen) atoms. The van der Waals surface area contributed by atoms with E-state index in [9.17, 15) is 9.67 Å². The largest absolute Gasteiger partial charge is 0.402 e. The smallest absolute Gasteiger partial charge is 0.261 e. The average molecular weight is 447 g/mol. The number of hydrogen-bond donors (Lipinski definition) is 1. The summed E-state index contributed by atoms with van der Waals surface area (Å²) < 4.78 is 25.8. The summed E-state index contributed by atoms with van der Waals surface area (Å²) in [5, 5.41) is 13.1. The van der Waals surface area contributed by atoms with E-state index in [1.165, 1.54) is 6.08 Å². The molecule has 1 unspecified atom stereocenters. The van der Waals surface area contributed by atoms with Crippen LogP contribution < -0.4 is 10.4 Å². The van der Waals surface area contributed by atoms with Crippen molar-refractivity contribution < 1.29 is 18.6 Å². The Morgan fingerprint density at radius 1 is 1.07 bits per heavy atom. The van der Waals surface area contributed by atoms with Crippen molar-refractivity contribution in [2.45, 2.75) is 51.6 Å². The molecular formula is C24H35O4PSi. The molecule has 0 amide bonds. The lowest BCUT2D eigenvalue weighted by Crippen LogP contribution is -2.68. The van der Waals surface area contributed by atoms with Crippen LogP contribution in [0.4, 0.5) is 0 Å². The SMILES string of the molecule is C=CCP(=O)(OCC)[C@H](O)[C@H](C)O[Si](c1ccccc1)(c1ccccc1)C(C)(C)C. The van der Waals surface area contributed by atoms with Crippen LogP contribution in [0.2, 0.25) is 5.04 Å². The maximum atomic E-state index is 13.4. The third-order valence-corrected chi connectivity index (χ3v) is 13.2. The summed E-state index contributed by atoms with van der Waals surface area (Å²) in [6, 6.07) is 20.4. The normalized spacial score (nSPS) is 16.5. The molecule has 164 valence electrons. The van der Waals surface area contributed by atoms with Gasteiger partial charge in [0.05, 0.1) is 12.7 Å². The molecule has 0 aliphatic heterocycles. The molecule has 0 saturated heterocycles. The quantitative estimate of drug-likeness (QED) is 0.324. The average Bonchev–Trinajstić information content (AvgIpc) is 2.72. The number of allylic oxidation sites excluding steroid dienone is 1. The summed E-state index contributed by atoms with van der Waals surface area (Å²) in [5.41, 5.74) is 0. The summed E-state index contributed by atoms with van der Waals surface area (Å²) in [7, 11) is -6.22. The van der Waals surface area contributed by atoms with E-state index in [0.717, 1.165) is 10.4 Å². The highest BCUT2D eigenvalue weighted by molar-refractivity contribution is 7.59. The Kier molecular flexibility index (Phi) is 8.43. The van der Waals surface area contributed by atoms with Gasteiger partial charge in [-0.2, -0.15) is 0 Å². The van der Waals surface area contributed by atoms with Crippen LogP contribution in [-0.2, 0) is 13.5 Å². The molecule has 2 aromatic carbocycles. The lowest BCUT2D eigenvalue weighted by Gasteiger charge is -2.45. The topological polar surface area (TPSA) is 55.8 Å². The minimum Gasteiger partial charge on any atom is -0.402 e. The van der Waals surface area contributed by atoms with E-state index in [4.69, 9.17) is 8.95 Å². The van der Waals surface area contributed by atoms with Gasteiger partial charge < -0.3 is 14.1 Å². The lowest BCUT2D eigenvalue weighted by molar-refractivity contribution is 0.0796. The van der Waals surface area contributed by atoms with Gasteiger partial charge in [-0.3, -0.25) is 4.57 Å². The van der Waals surface area contributed by atoms with Crippen molar-refractivity contribution in [2.24, 2.45) is 0 Å². The van der Waals surface area contributed by atoms with Crippen LogP contribution in [0, 0.1) is 0 Å². The Morgan fingerprint density at radius 3 is 1.90 bits per heavy atom. The zero-order chi connectivity index (χ0) is 22.4. The molecule has 3 atom stereocenters. The molecule has 0 radical (unpaired) electrons. The molecule has 0 aliphatic carbocycles. The minimum atomic E-state index is -3.35. The molecule has 0 heterocycles. The first kappa shape index (κ1) is 24.8. The number of hydrogen-bond acceptors (Lipinski definition) is 4. The van der Waals surface area contributed by atoms with E-state index in [2.05, 4.69) is 51.6 Å². The lowest BCUT2D eigenvalue weighted by atomic mass is 10.2. The van der Waals surface area contributed by atoms with E-state index < -0.39 is 27.6 Å². The van der Waals surface area contributed by atoms with Crippen molar-refractivity contribution in [1.29, 1.82) is 0 Å². The fourth-order valence-corrected chi connectivity index (χ4v) is 10.8. The molecule has 0 aliphatic rings. The number of aliphatic hydroxyl groups is 1. The zero-order valence-corrected chi connectivity index (χ0v) is 20.6. The molecule has 4 nitrogen and oxygen atoms in total. The molecule has 0 spiro atoms. The van der Waals surface area contributed by atoms with Crippen LogP contribution in [0.15, 0.2) is 73.3 Å². The first-order chi connectivity index (χ1) is 14.1. The van der Waals surface area contributed by atoms with Gasteiger partial charge in [-0.15, -0.1) is 6.58 Å². The molecule has 0 bridgehead atoms. The second-order valence-electron chi connectivity index (χ2n) is 8.51. The van der Waals surface area contributed by atoms with Gasteiger partial charge in [-0.25, -0.2) is 0 Å². The summed E-state index contributed by atoms with van der Waals surface area (Å²) in [6.45, 7) is 14.0. The van der Waals surface area contributed by atoms with Gasteiger partial charge in [0.15, 0.2) is 5.85 Å². The highest BCUT2D eigenvalue weighted by atomic mass is 31.2. The highest BCUT2D eigenvalue weighted by Crippen LogP contribution is 2.53. The first-order valence-corrected chi connectivity index (χ1v) is 14.2. The fraction of sp³-hybridized carbons (Fsp3) is 0.417. The van der Waals surface area contributed by atoms with Crippen LogP contribution in [-0.4, -0.2) is 38.1 Å². The summed E-state index contributed by atoms with van der Waals surface area (Å²) in [5.74, 6) is -1.24. The van der Waals surface area contributed by atoms with Crippen LogP contribution in [0.25, 0.3) is 0 Å². The van der Waals surface area contributed by atoms with Crippen LogP contribution in [0.3, 0.4) is 0 Å². The zero-order valence-electron chi connectivity index (χ0n) is 18.7. The van der Waals surface area contributed by atoms with Gasteiger partial charge in [-0.1, -0.05) is 87.5 Å². The molecule has 0 fully saturated rings. The number of aliphatic hydroxyl groups excluding tert-OH is 1. The van der Waals surface area contributed by atoms with Crippen LogP contribution >= 0.6 is 7.37 Å². The second kappa shape index (κ2) is 10.2. The van der Waals surface area contributed by atoms with Crippen molar-refractivity contribution in [3.05, 3.63) is 73.3 Å². The number of benzene rings is 2. The maximum absolute atomic E-state index is 13.4. The van der Waals surface area contributed by atoms with Gasteiger partial charge in [0, 0.05) is 6.16 Å². The molecule has 2 aromatic rings. The molecule has 0 saturated carbocycles. The van der Waals surface area contributed by atoms with E-state index in [0.29, 0.717) is 0 Å². The third-order valence-electron chi connectivity index (χ3n) is 5.33. The van der Waals surface area contributed by atoms with Gasteiger partial charge in [0.25, 0.3) is 8.32 Å². The van der Waals surface area contributed by atoms with Crippen LogP contribution in [0.1, 0.15) is 34.6 Å². The van der Waals surface area contributed by atoms with Gasteiger partial charge in [-0.05, 0) is 29.3 Å². The predicted molar refractivity (Wildman–Crippen MR) is 128 cm³/mol. The predicted octanol–water partition coefficient (Wildman–Crippen LogP) is 4.77. The van der Waals surface area contributed by atoms with Crippen molar-refractivity contribution in [3.8, 4) is 0 Å².